The van der Waals surface area contributed by atoms with Gasteiger partial charge in [0.2, 0.25) is 5.95 Å². The monoisotopic (exact) mass is 156 g/mol. The van der Waals surface area contributed by atoms with Crippen LogP contribution in [0.4, 0.5) is 9.18 Å². The summed E-state index contributed by atoms with van der Waals surface area (Å²) in [6.45, 7) is 0. The molecule has 0 radical (unpaired) electrons. The van der Waals surface area contributed by atoms with Gasteiger partial charge in [0.1, 0.15) is 5.75 Å². The molecule has 2 N–H and O–H groups in total. The summed E-state index contributed by atoms with van der Waals surface area (Å²) in [4.78, 5) is 13.4. The van der Waals surface area contributed by atoms with E-state index in [0.717, 1.165) is 6.07 Å². The summed E-state index contributed by atoms with van der Waals surface area (Å²) in [6.07, 6.45) is 0.198. The largest absolute Gasteiger partial charge is 0.410 e. The molecule has 0 saturated carbocycles. The highest BCUT2D eigenvalue weighted by Gasteiger charge is 1.99. The van der Waals surface area contributed by atoms with Crippen LogP contribution in [0.2, 0.25) is 0 Å². The lowest BCUT2D eigenvalue weighted by molar-refractivity contribution is 0.210. The third-order valence-corrected chi connectivity index (χ3v) is 0.916. The zero-order valence-electron chi connectivity index (χ0n) is 5.45. The molecule has 0 fully saturated rings. The van der Waals surface area contributed by atoms with Crippen molar-refractivity contribution >= 4 is 6.09 Å². The van der Waals surface area contributed by atoms with Gasteiger partial charge < -0.3 is 10.5 Å². The van der Waals surface area contributed by atoms with E-state index in [1.54, 1.807) is 0 Å². The molecule has 1 amide bonds. The number of amides is 1. The summed E-state index contributed by atoms with van der Waals surface area (Å²) in [5, 5.41) is 0. The summed E-state index contributed by atoms with van der Waals surface area (Å²) >= 11 is 0. The zero-order valence-corrected chi connectivity index (χ0v) is 5.45. The number of nitrogens with zero attached hydrogens (tertiary/aromatic N) is 1. The predicted octanol–water partition coefficient (Wildman–Crippen LogP) is 0.678. The van der Waals surface area contributed by atoms with Crippen LogP contribution in [0.25, 0.3) is 0 Å². The van der Waals surface area contributed by atoms with Gasteiger partial charge in [0.05, 0.1) is 0 Å². The molecule has 4 nitrogen and oxygen atoms in total. The molecular weight excluding hydrogens is 151 g/mol. The van der Waals surface area contributed by atoms with Gasteiger partial charge in [-0.3, -0.25) is 0 Å². The molecule has 0 unspecified atom stereocenters. The minimum absolute atomic E-state index is 0.0463. The smallest absolute Gasteiger partial charge is 0.409 e. The van der Waals surface area contributed by atoms with Gasteiger partial charge in [0.15, 0.2) is 0 Å². The predicted molar refractivity (Wildman–Crippen MR) is 34.4 cm³/mol. The quantitative estimate of drug-likeness (QED) is 0.608. The van der Waals surface area contributed by atoms with Crippen molar-refractivity contribution in [1.82, 2.24) is 4.98 Å². The average molecular weight is 156 g/mol. The molecule has 0 saturated heterocycles. The number of carbonyl (C=O) groups is 1. The normalized spacial score (nSPS) is 9.18. The van der Waals surface area contributed by atoms with Crippen LogP contribution in [-0.4, -0.2) is 11.1 Å². The highest BCUT2D eigenvalue weighted by atomic mass is 19.1. The lowest BCUT2D eigenvalue weighted by Crippen LogP contribution is -2.16. The highest BCUT2D eigenvalue weighted by molar-refractivity contribution is 5.67. The molecule has 1 aromatic heterocycles. The maximum absolute atomic E-state index is 12.3. The molecule has 1 heterocycles. The van der Waals surface area contributed by atoms with Crippen LogP contribution in [-0.2, 0) is 0 Å². The summed E-state index contributed by atoms with van der Waals surface area (Å²) in [5.41, 5.74) is 4.67. The molecule has 0 spiro atoms. The van der Waals surface area contributed by atoms with E-state index in [9.17, 15) is 9.18 Å². The van der Waals surface area contributed by atoms with Gasteiger partial charge in [-0.1, -0.05) is 0 Å². The van der Waals surface area contributed by atoms with Crippen LogP contribution >= 0.6 is 0 Å². The number of halogens is 1. The standard InChI is InChI=1S/C6H5FN2O2/c7-5-3-4(1-2-9-5)11-6(8)10/h1-3H,(H2,8,10). The molecular formula is C6H5FN2O2. The van der Waals surface area contributed by atoms with Gasteiger partial charge >= 0.3 is 6.09 Å². The summed E-state index contributed by atoms with van der Waals surface area (Å²) in [5.74, 6) is -0.672. The van der Waals surface area contributed by atoms with E-state index in [4.69, 9.17) is 0 Å². The van der Waals surface area contributed by atoms with Gasteiger partial charge in [0, 0.05) is 12.3 Å². The minimum Gasteiger partial charge on any atom is -0.410 e. The molecule has 1 rings (SSSR count). The van der Waals surface area contributed by atoms with E-state index in [1.807, 2.05) is 0 Å². The molecule has 0 aliphatic rings. The van der Waals surface area contributed by atoms with Crippen LogP contribution < -0.4 is 10.5 Å². The Morgan fingerprint density at radius 2 is 2.45 bits per heavy atom. The van der Waals surface area contributed by atoms with Crippen molar-refractivity contribution in [3.63, 3.8) is 0 Å². The molecule has 11 heavy (non-hydrogen) atoms. The molecule has 0 aliphatic heterocycles. The number of aromatic nitrogens is 1. The van der Waals surface area contributed by atoms with Crippen molar-refractivity contribution in [2.24, 2.45) is 5.73 Å². The molecule has 5 heteroatoms. The lowest BCUT2D eigenvalue weighted by Gasteiger charge is -1.97. The maximum Gasteiger partial charge on any atom is 0.409 e. The van der Waals surface area contributed by atoms with Crippen molar-refractivity contribution in [3.8, 4) is 5.75 Å². The second kappa shape index (κ2) is 2.96. The Morgan fingerprint density at radius 1 is 1.73 bits per heavy atom. The summed E-state index contributed by atoms with van der Waals surface area (Å²) < 4.78 is 16.6. The number of hydrogen-bond acceptors (Lipinski definition) is 3. The van der Waals surface area contributed by atoms with Gasteiger partial charge in [0.25, 0.3) is 0 Å². The first-order valence-electron chi connectivity index (χ1n) is 2.77. The molecule has 0 aliphatic carbocycles. The molecule has 58 valence electrons. The van der Waals surface area contributed by atoms with Crippen LogP contribution in [0.5, 0.6) is 5.75 Å². The first kappa shape index (κ1) is 7.46. The van der Waals surface area contributed by atoms with E-state index >= 15 is 0 Å². The maximum atomic E-state index is 12.3. The van der Waals surface area contributed by atoms with Gasteiger partial charge in [-0.15, -0.1) is 0 Å². The van der Waals surface area contributed by atoms with Gasteiger partial charge in [-0.25, -0.2) is 9.78 Å². The fraction of sp³-hybridized carbons (Fsp3) is 0. The molecule has 1 aromatic rings. The van der Waals surface area contributed by atoms with Crippen LogP contribution in [0.3, 0.4) is 0 Å². The van der Waals surface area contributed by atoms with Crippen molar-refractivity contribution in [2.45, 2.75) is 0 Å². The molecule has 0 aromatic carbocycles. The third kappa shape index (κ3) is 2.21. The number of hydrogen-bond donors (Lipinski definition) is 1. The topological polar surface area (TPSA) is 65.2 Å². The van der Waals surface area contributed by atoms with E-state index in [2.05, 4.69) is 15.5 Å². The third-order valence-electron chi connectivity index (χ3n) is 0.916. The fourth-order valence-corrected chi connectivity index (χ4v) is 0.564. The Morgan fingerprint density at radius 3 is 3.00 bits per heavy atom. The van der Waals surface area contributed by atoms with Crippen molar-refractivity contribution in [1.29, 1.82) is 0 Å². The Hall–Kier alpha value is -1.65. The molecule has 0 atom stereocenters. The number of primary amides is 1. The van der Waals surface area contributed by atoms with Crippen molar-refractivity contribution in [3.05, 3.63) is 24.3 Å². The first-order chi connectivity index (χ1) is 5.18. The number of rotatable bonds is 1. The molecule has 0 bridgehead atoms. The van der Waals surface area contributed by atoms with Crippen LogP contribution in [0.15, 0.2) is 18.3 Å². The number of pyridine rings is 1. The minimum atomic E-state index is -0.976. The fourth-order valence-electron chi connectivity index (χ4n) is 0.564. The SMILES string of the molecule is NC(=O)Oc1ccnc(F)c1. The van der Waals surface area contributed by atoms with Gasteiger partial charge in [-0.05, 0) is 6.07 Å². The highest BCUT2D eigenvalue weighted by Crippen LogP contribution is 2.08. The second-order valence-electron chi connectivity index (χ2n) is 1.74. The van der Waals surface area contributed by atoms with Gasteiger partial charge in [-0.2, -0.15) is 4.39 Å². The van der Waals surface area contributed by atoms with Crippen molar-refractivity contribution in [2.75, 3.05) is 0 Å². The number of carbonyl (C=O) groups excluding carboxylic acids is 1. The average Bonchev–Trinajstić information content (AvgIpc) is 1.85. The van der Waals surface area contributed by atoms with Crippen molar-refractivity contribution < 1.29 is 13.9 Å². The van der Waals surface area contributed by atoms with E-state index in [1.165, 1.54) is 12.3 Å². The lowest BCUT2D eigenvalue weighted by atomic mass is 10.4. The van der Waals surface area contributed by atoms with E-state index in [-0.39, 0.29) is 5.75 Å². The van der Waals surface area contributed by atoms with Crippen LogP contribution in [0.1, 0.15) is 0 Å². The summed E-state index contributed by atoms with van der Waals surface area (Å²) in [6, 6.07) is 2.29. The second-order valence-corrected chi connectivity index (χ2v) is 1.74. The summed E-state index contributed by atoms with van der Waals surface area (Å²) in [7, 11) is 0. The van der Waals surface area contributed by atoms with E-state index < -0.39 is 12.0 Å². The zero-order chi connectivity index (χ0) is 8.27. The van der Waals surface area contributed by atoms with E-state index in [0.29, 0.717) is 0 Å². The Kier molecular flexibility index (Phi) is 2.00. The first-order valence-corrected chi connectivity index (χ1v) is 2.77. The number of ether oxygens (including phenoxy) is 1. The Bertz CT molecular complexity index is 277. The van der Waals surface area contributed by atoms with Crippen LogP contribution in [0, 0.1) is 5.95 Å². The number of nitrogens with two attached hydrogens (primary N) is 1. The Labute approximate surface area is 61.8 Å². The Balaban J connectivity index is 2.79.